The number of rotatable bonds is 6. The van der Waals surface area contributed by atoms with Gasteiger partial charge in [-0.15, -0.1) is 13.2 Å². The standard InChI is InChI=1S/C21H15F7N2O/c22-14-4-7-16(18(23)9-14)17(10-29)20(24,25)19-8-3-13(11-30-19)12-1-5-15(6-2-12)31-21(26,27)28/h1-9,11,17H,10,29H2. The van der Waals surface area contributed by atoms with Gasteiger partial charge in [0.2, 0.25) is 0 Å². The minimum atomic E-state index is -4.83. The molecule has 0 spiro atoms. The lowest BCUT2D eigenvalue weighted by Gasteiger charge is -2.26. The topological polar surface area (TPSA) is 48.1 Å². The summed E-state index contributed by atoms with van der Waals surface area (Å²) < 4.78 is 97.6. The number of benzene rings is 2. The molecule has 0 bridgehead atoms. The molecule has 3 nitrogen and oxygen atoms in total. The number of hydrogen-bond acceptors (Lipinski definition) is 3. The van der Waals surface area contributed by atoms with Crippen molar-refractivity contribution < 1.29 is 35.5 Å². The van der Waals surface area contributed by atoms with Crippen LogP contribution in [0.2, 0.25) is 0 Å². The van der Waals surface area contributed by atoms with Crippen molar-refractivity contribution in [2.45, 2.75) is 18.2 Å². The fourth-order valence-electron chi connectivity index (χ4n) is 3.04. The molecule has 0 saturated heterocycles. The first-order valence-electron chi connectivity index (χ1n) is 8.87. The zero-order chi connectivity index (χ0) is 22.8. The summed E-state index contributed by atoms with van der Waals surface area (Å²) in [4.78, 5) is 3.74. The summed E-state index contributed by atoms with van der Waals surface area (Å²) in [6.07, 6.45) is -3.72. The van der Waals surface area contributed by atoms with E-state index in [0.717, 1.165) is 36.5 Å². The minimum absolute atomic E-state index is 0.357. The van der Waals surface area contributed by atoms with Gasteiger partial charge in [0.25, 0.3) is 5.92 Å². The quantitative estimate of drug-likeness (QED) is 0.492. The van der Waals surface area contributed by atoms with Gasteiger partial charge in [-0.1, -0.05) is 24.3 Å². The number of hydrogen-bond donors (Lipinski definition) is 1. The van der Waals surface area contributed by atoms with E-state index in [2.05, 4.69) is 9.72 Å². The Morgan fingerprint density at radius 2 is 1.52 bits per heavy atom. The summed E-state index contributed by atoms with van der Waals surface area (Å²) >= 11 is 0. The molecular formula is C21H15F7N2O. The summed E-state index contributed by atoms with van der Waals surface area (Å²) in [6.45, 7) is -0.625. The normalized spacial score (nSPS) is 13.2. The van der Waals surface area contributed by atoms with Gasteiger partial charge >= 0.3 is 6.36 Å². The second-order valence-electron chi connectivity index (χ2n) is 6.58. The fourth-order valence-corrected chi connectivity index (χ4v) is 3.04. The predicted molar refractivity (Wildman–Crippen MR) is 98.4 cm³/mol. The molecule has 3 aromatic rings. The maximum Gasteiger partial charge on any atom is 0.573 e. The number of alkyl halides is 5. The molecule has 0 aliphatic heterocycles. The molecule has 1 unspecified atom stereocenters. The van der Waals surface area contributed by atoms with Crippen molar-refractivity contribution >= 4 is 0 Å². The smallest absolute Gasteiger partial charge is 0.406 e. The van der Waals surface area contributed by atoms with Gasteiger partial charge in [-0.25, -0.2) is 8.78 Å². The van der Waals surface area contributed by atoms with E-state index in [0.29, 0.717) is 17.2 Å². The first-order valence-corrected chi connectivity index (χ1v) is 8.87. The molecule has 3 rings (SSSR count). The van der Waals surface area contributed by atoms with Crippen LogP contribution in [0, 0.1) is 11.6 Å². The maximum absolute atomic E-state index is 15.0. The maximum atomic E-state index is 15.0. The number of pyridine rings is 1. The van der Waals surface area contributed by atoms with E-state index in [-0.39, 0.29) is 0 Å². The van der Waals surface area contributed by atoms with E-state index in [4.69, 9.17) is 5.73 Å². The Morgan fingerprint density at radius 3 is 2.03 bits per heavy atom. The minimum Gasteiger partial charge on any atom is -0.406 e. The Hall–Kier alpha value is -3.14. The molecule has 1 aromatic heterocycles. The first-order chi connectivity index (χ1) is 14.5. The molecule has 31 heavy (non-hydrogen) atoms. The Balaban J connectivity index is 1.85. The van der Waals surface area contributed by atoms with Gasteiger partial charge < -0.3 is 10.5 Å². The predicted octanol–water partition coefficient (Wildman–Crippen LogP) is 5.76. The zero-order valence-corrected chi connectivity index (χ0v) is 15.6. The van der Waals surface area contributed by atoms with Crippen LogP contribution in [-0.4, -0.2) is 17.9 Å². The molecule has 2 aromatic carbocycles. The Labute approximate surface area is 172 Å². The average Bonchev–Trinajstić information content (AvgIpc) is 2.69. The monoisotopic (exact) mass is 444 g/mol. The lowest BCUT2D eigenvalue weighted by atomic mass is 9.89. The highest BCUT2D eigenvalue weighted by Gasteiger charge is 2.44. The second-order valence-corrected chi connectivity index (χ2v) is 6.58. The Kier molecular flexibility index (Phi) is 6.21. The fraction of sp³-hybridized carbons (Fsp3) is 0.190. The largest absolute Gasteiger partial charge is 0.573 e. The third-order valence-corrected chi connectivity index (χ3v) is 4.54. The van der Waals surface area contributed by atoms with E-state index in [1.807, 2.05) is 0 Å². The van der Waals surface area contributed by atoms with Crippen LogP contribution < -0.4 is 10.5 Å². The van der Waals surface area contributed by atoms with Crippen LogP contribution in [0.1, 0.15) is 17.2 Å². The van der Waals surface area contributed by atoms with Gasteiger partial charge in [0.15, 0.2) is 0 Å². The van der Waals surface area contributed by atoms with Crippen molar-refractivity contribution in [3.63, 3.8) is 0 Å². The highest BCUT2D eigenvalue weighted by molar-refractivity contribution is 5.63. The van der Waals surface area contributed by atoms with E-state index >= 15 is 8.78 Å². The number of halogens is 7. The van der Waals surface area contributed by atoms with Gasteiger partial charge in [0.1, 0.15) is 23.1 Å². The molecule has 0 amide bonds. The third kappa shape index (κ3) is 5.13. The van der Waals surface area contributed by atoms with Crippen LogP contribution in [0.5, 0.6) is 5.75 Å². The van der Waals surface area contributed by atoms with Crippen LogP contribution >= 0.6 is 0 Å². The van der Waals surface area contributed by atoms with Crippen LogP contribution in [0.15, 0.2) is 60.8 Å². The third-order valence-electron chi connectivity index (χ3n) is 4.54. The molecule has 164 valence electrons. The lowest BCUT2D eigenvalue weighted by Crippen LogP contribution is -2.31. The molecule has 0 radical (unpaired) electrons. The van der Waals surface area contributed by atoms with Gasteiger partial charge in [0.05, 0.1) is 5.92 Å². The summed E-state index contributed by atoms with van der Waals surface area (Å²) in [6, 6.07) is 9.36. The summed E-state index contributed by atoms with van der Waals surface area (Å²) in [5.74, 6) is -7.94. The highest BCUT2D eigenvalue weighted by Crippen LogP contribution is 2.42. The summed E-state index contributed by atoms with van der Waals surface area (Å²) in [7, 11) is 0. The number of aromatic nitrogens is 1. The summed E-state index contributed by atoms with van der Waals surface area (Å²) in [5, 5.41) is 0. The first kappa shape index (κ1) is 22.5. The van der Waals surface area contributed by atoms with Crippen LogP contribution in [0.3, 0.4) is 0 Å². The van der Waals surface area contributed by atoms with E-state index in [1.165, 1.54) is 18.2 Å². The Morgan fingerprint density at radius 1 is 0.871 bits per heavy atom. The van der Waals surface area contributed by atoms with E-state index in [1.54, 1.807) is 0 Å². The number of nitrogens with zero attached hydrogens (tertiary/aromatic N) is 1. The van der Waals surface area contributed by atoms with Gasteiger partial charge in [-0.3, -0.25) is 4.98 Å². The molecule has 1 atom stereocenters. The van der Waals surface area contributed by atoms with Gasteiger partial charge in [0, 0.05) is 24.4 Å². The highest BCUT2D eigenvalue weighted by atomic mass is 19.4. The van der Waals surface area contributed by atoms with Gasteiger partial charge in [-0.05, 0) is 35.4 Å². The summed E-state index contributed by atoms with van der Waals surface area (Å²) in [5.41, 5.74) is 5.09. The lowest BCUT2D eigenvalue weighted by molar-refractivity contribution is -0.274. The van der Waals surface area contributed by atoms with E-state index in [9.17, 15) is 22.0 Å². The number of nitrogens with two attached hydrogens (primary N) is 1. The van der Waals surface area contributed by atoms with Crippen molar-refractivity contribution in [3.8, 4) is 16.9 Å². The van der Waals surface area contributed by atoms with Gasteiger partial charge in [-0.2, -0.15) is 8.78 Å². The molecule has 2 N–H and O–H groups in total. The molecule has 10 heteroatoms. The average molecular weight is 444 g/mol. The van der Waals surface area contributed by atoms with Crippen LogP contribution in [0.25, 0.3) is 11.1 Å². The molecular weight excluding hydrogens is 429 g/mol. The number of ether oxygens (including phenoxy) is 1. The van der Waals surface area contributed by atoms with E-state index < -0.39 is 53.4 Å². The van der Waals surface area contributed by atoms with Crippen molar-refractivity contribution in [2.75, 3.05) is 6.54 Å². The molecule has 0 fully saturated rings. The van der Waals surface area contributed by atoms with Crippen LogP contribution in [0.4, 0.5) is 30.7 Å². The second kappa shape index (κ2) is 8.54. The molecule has 1 heterocycles. The van der Waals surface area contributed by atoms with Crippen molar-refractivity contribution in [1.82, 2.24) is 4.98 Å². The Bertz CT molecular complexity index is 1040. The van der Waals surface area contributed by atoms with Crippen molar-refractivity contribution in [1.29, 1.82) is 0 Å². The van der Waals surface area contributed by atoms with Crippen LogP contribution in [-0.2, 0) is 5.92 Å². The molecule has 0 aliphatic rings. The zero-order valence-electron chi connectivity index (χ0n) is 15.6. The van der Waals surface area contributed by atoms with Crippen molar-refractivity contribution in [3.05, 3.63) is 83.7 Å². The molecule has 0 aliphatic carbocycles. The molecule has 0 saturated carbocycles. The van der Waals surface area contributed by atoms with Crippen molar-refractivity contribution in [2.24, 2.45) is 5.73 Å². The SMILES string of the molecule is NCC(c1ccc(F)cc1F)C(F)(F)c1ccc(-c2ccc(OC(F)(F)F)cc2)cn1.